The molecule has 0 N–H and O–H groups in total. The molecule has 0 unspecified atom stereocenters. The Bertz CT molecular complexity index is 1120. The highest BCUT2D eigenvalue weighted by Crippen LogP contribution is 2.34. The van der Waals surface area contributed by atoms with Crippen molar-refractivity contribution in [3.8, 4) is 22.8 Å². The summed E-state index contributed by atoms with van der Waals surface area (Å²) in [5, 5.41) is 22.5. The minimum absolute atomic E-state index is 0.151. The number of nitro groups is 2. The molecular weight excluding hydrogens is 364 g/mol. The second-order valence-electron chi connectivity index (χ2n) is 5.69. The van der Waals surface area contributed by atoms with Gasteiger partial charge in [0.05, 0.1) is 44.4 Å². The second kappa shape index (κ2) is 6.76. The molecule has 136 valence electrons. The average molecular weight is 374 g/mol. The first-order valence-corrected chi connectivity index (χ1v) is 8.02. The Morgan fingerprint density at radius 1 is 0.679 bits per heavy atom. The van der Waals surface area contributed by atoms with Crippen molar-refractivity contribution in [2.24, 2.45) is 0 Å². The number of hydrogen-bond donors (Lipinski definition) is 0. The first-order valence-electron chi connectivity index (χ1n) is 8.02. The SMILES string of the molecule is O=[N+]([O-])c1cc2nc(-c3ccccn3)c(-c3ccccn3)nc2cc1[N+](=O)[O-]. The smallest absolute Gasteiger partial charge is 0.258 e. The van der Waals surface area contributed by atoms with Gasteiger partial charge in [0.25, 0.3) is 0 Å². The summed E-state index contributed by atoms with van der Waals surface area (Å²) in [6.07, 6.45) is 3.17. The number of nitro benzene ring substituents is 2. The fourth-order valence-electron chi connectivity index (χ4n) is 2.74. The van der Waals surface area contributed by atoms with Crippen molar-refractivity contribution in [2.45, 2.75) is 0 Å². The maximum atomic E-state index is 11.2. The molecule has 0 saturated heterocycles. The minimum atomic E-state index is -0.813. The number of benzene rings is 1. The molecule has 0 atom stereocenters. The van der Waals surface area contributed by atoms with Gasteiger partial charge in [-0.25, -0.2) is 9.97 Å². The van der Waals surface area contributed by atoms with Crippen LogP contribution in [0.4, 0.5) is 11.4 Å². The lowest BCUT2D eigenvalue weighted by molar-refractivity contribution is -0.422. The van der Waals surface area contributed by atoms with Crippen molar-refractivity contribution in [3.63, 3.8) is 0 Å². The molecule has 0 aliphatic carbocycles. The van der Waals surface area contributed by atoms with E-state index < -0.39 is 21.2 Å². The summed E-state index contributed by atoms with van der Waals surface area (Å²) in [5.74, 6) is 0. The Kier molecular flexibility index (Phi) is 4.13. The van der Waals surface area contributed by atoms with Gasteiger partial charge in [-0.2, -0.15) is 0 Å². The van der Waals surface area contributed by atoms with Crippen LogP contribution < -0.4 is 0 Å². The zero-order valence-corrected chi connectivity index (χ0v) is 14.1. The molecule has 0 saturated carbocycles. The number of hydrogen-bond acceptors (Lipinski definition) is 8. The standard InChI is InChI=1S/C18H10N6O4/c25-23(26)15-9-13-14(10-16(15)24(27)28)22-18(12-6-2-4-8-20-12)17(21-13)11-5-1-3-7-19-11/h1-10H. The third kappa shape index (κ3) is 2.98. The van der Waals surface area contributed by atoms with E-state index in [1.165, 1.54) is 0 Å². The minimum Gasteiger partial charge on any atom is -0.258 e. The molecule has 10 nitrogen and oxygen atoms in total. The molecule has 4 rings (SSSR count). The van der Waals surface area contributed by atoms with Crippen molar-refractivity contribution in [1.82, 2.24) is 19.9 Å². The van der Waals surface area contributed by atoms with Crippen LogP contribution in [0.1, 0.15) is 0 Å². The van der Waals surface area contributed by atoms with E-state index in [9.17, 15) is 20.2 Å². The topological polar surface area (TPSA) is 138 Å². The molecule has 3 aromatic heterocycles. The quantitative estimate of drug-likeness (QED) is 0.390. The zero-order valence-electron chi connectivity index (χ0n) is 14.1. The molecule has 3 heterocycles. The van der Waals surface area contributed by atoms with Crippen molar-refractivity contribution >= 4 is 22.4 Å². The van der Waals surface area contributed by atoms with Gasteiger partial charge in [-0.3, -0.25) is 30.2 Å². The van der Waals surface area contributed by atoms with Gasteiger partial charge < -0.3 is 0 Å². The van der Waals surface area contributed by atoms with E-state index in [-0.39, 0.29) is 11.0 Å². The van der Waals surface area contributed by atoms with Crippen LogP contribution in [0.25, 0.3) is 33.8 Å². The van der Waals surface area contributed by atoms with Gasteiger partial charge in [0.15, 0.2) is 0 Å². The van der Waals surface area contributed by atoms with Crippen LogP contribution in [-0.4, -0.2) is 29.8 Å². The molecule has 0 bridgehead atoms. The first-order chi connectivity index (χ1) is 13.5. The van der Waals surface area contributed by atoms with Gasteiger partial charge in [0.2, 0.25) is 0 Å². The normalized spacial score (nSPS) is 10.7. The summed E-state index contributed by atoms with van der Waals surface area (Å²) in [4.78, 5) is 38.4. The highest BCUT2D eigenvalue weighted by Gasteiger charge is 2.27. The highest BCUT2D eigenvalue weighted by atomic mass is 16.6. The molecule has 4 aromatic rings. The van der Waals surface area contributed by atoms with Gasteiger partial charge in [-0.15, -0.1) is 0 Å². The van der Waals surface area contributed by atoms with Crippen molar-refractivity contribution in [2.75, 3.05) is 0 Å². The van der Waals surface area contributed by atoms with E-state index in [0.29, 0.717) is 22.8 Å². The second-order valence-corrected chi connectivity index (χ2v) is 5.69. The van der Waals surface area contributed by atoms with E-state index in [1.807, 2.05) is 0 Å². The van der Waals surface area contributed by atoms with Crippen molar-refractivity contribution in [3.05, 3.63) is 81.2 Å². The predicted molar refractivity (Wildman–Crippen MR) is 99.3 cm³/mol. The third-order valence-electron chi connectivity index (χ3n) is 3.97. The number of nitrogens with zero attached hydrogens (tertiary/aromatic N) is 6. The Hall–Kier alpha value is -4.34. The third-order valence-corrected chi connectivity index (χ3v) is 3.97. The first kappa shape index (κ1) is 17.1. The van der Waals surface area contributed by atoms with Gasteiger partial charge in [0, 0.05) is 12.4 Å². The summed E-state index contributed by atoms with van der Waals surface area (Å²) in [7, 11) is 0. The lowest BCUT2D eigenvalue weighted by Gasteiger charge is -2.09. The van der Waals surface area contributed by atoms with E-state index in [0.717, 1.165) is 12.1 Å². The lowest BCUT2D eigenvalue weighted by Crippen LogP contribution is -2.01. The Morgan fingerprint density at radius 2 is 1.11 bits per heavy atom. The van der Waals surface area contributed by atoms with Gasteiger partial charge in [-0.1, -0.05) is 12.1 Å². The number of aromatic nitrogens is 4. The molecule has 0 amide bonds. The maximum absolute atomic E-state index is 11.2. The largest absolute Gasteiger partial charge is 0.348 e. The van der Waals surface area contributed by atoms with Gasteiger partial charge in [-0.05, 0) is 24.3 Å². The molecule has 0 spiro atoms. The predicted octanol–water partition coefficient (Wildman–Crippen LogP) is 3.57. The zero-order chi connectivity index (χ0) is 19.7. The molecule has 1 aromatic carbocycles. The Balaban J connectivity index is 2.07. The van der Waals surface area contributed by atoms with Crippen molar-refractivity contribution < 1.29 is 9.85 Å². The lowest BCUT2D eigenvalue weighted by atomic mass is 10.1. The molecular formula is C18H10N6O4. The summed E-state index contributed by atoms with van der Waals surface area (Å²) in [6.45, 7) is 0. The van der Waals surface area contributed by atoms with Gasteiger partial charge in [0.1, 0.15) is 11.4 Å². The highest BCUT2D eigenvalue weighted by molar-refractivity contribution is 5.88. The number of fused-ring (bicyclic) bond motifs is 1. The van der Waals surface area contributed by atoms with Crippen LogP contribution in [0, 0.1) is 20.2 Å². The molecule has 0 aliphatic rings. The van der Waals surface area contributed by atoms with Crippen LogP contribution in [-0.2, 0) is 0 Å². The van der Waals surface area contributed by atoms with Crippen LogP contribution >= 0.6 is 0 Å². The van der Waals surface area contributed by atoms with E-state index >= 15 is 0 Å². The molecule has 0 radical (unpaired) electrons. The summed E-state index contributed by atoms with van der Waals surface area (Å²) >= 11 is 0. The average Bonchev–Trinajstić information content (AvgIpc) is 2.73. The Morgan fingerprint density at radius 3 is 1.43 bits per heavy atom. The van der Waals surface area contributed by atoms with Gasteiger partial charge >= 0.3 is 11.4 Å². The van der Waals surface area contributed by atoms with Crippen LogP contribution in [0.5, 0.6) is 0 Å². The van der Waals surface area contributed by atoms with Crippen LogP contribution in [0.2, 0.25) is 0 Å². The Labute approximate surface area is 156 Å². The number of rotatable bonds is 4. The monoisotopic (exact) mass is 374 g/mol. The molecule has 0 aliphatic heterocycles. The van der Waals surface area contributed by atoms with Crippen molar-refractivity contribution in [1.29, 1.82) is 0 Å². The summed E-state index contributed by atoms with van der Waals surface area (Å²) < 4.78 is 0. The molecule has 0 fully saturated rings. The fraction of sp³-hybridized carbons (Fsp3) is 0. The summed E-state index contributed by atoms with van der Waals surface area (Å²) in [6, 6.07) is 12.6. The van der Waals surface area contributed by atoms with E-state index in [1.54, 1.807) is 48.8 Å². The molecule has 10 heteroatoms. The fourth-order valence-corrected chi connectivity index (χ4v) is 2.74. The van der Waals surface area contributed by atoms with E-state index in [4.69, 9.17) is 0 Å². The number of pyridine rings is 2. The van der Waals surface area contributed by atoms with Crippen LogP contribution in [0.15, 0.2) is 60.9 Å². The van der Waals surface area contributed by atoms with Crippen LogP contribution in [0.3, 0.4) is 0 Å². The summed E-state index contributed by atoms with van der Waals surface area (Å²) in [5.41, 5.74) is 0.742. The maximum Gasteiger partial charge on any atom is 0.348 e. The molecule has 28 heavy (non-hydrogen) atoms. The van der Waals surface area contributed by atoms with E-state index in [2.05, 4.69) is 19.9 Å².